The van der Waals surface area contributed by atoms with Crippen LogP contribution in [0.15, 0.2) is 18.3 Å². The van der Waals surface area contributed by atoms with Crippen LogP contribution in [-0.4, -0.2) is 4.98 Å². The van der Waals surface area contributed by atoms with Gasteiger partial charge < -0.3 is 0 Å². The lowest BCUT2D eigenvalue weighted by Gasteiger charge is -2.29. The first-order chi connectivity index (χ1) is 7.31. The lowest BCUT2D eigenvalue weighted by Crippen LogP contribution is -2.32. The molecule has 1 heterocycles. The van der Waals surface area contributed by atoms with Gasteiger partial charge in [-0.1, -0.05) is 19.3 Å². The molecule has 1 saturated carbocycles. The van der Waals surface area contributed by atoms with E-state index in [1.54, 1.807) is 12.3 Å². The van der Waals surface area contributed by atoms with E-state index in [4.69, 9.17) is 5.84 Å². The maximum absolute atomic E-state index is 13.4. The van der Waals surface area contributed by atoms with Crippen molar-refractivity contribution in [3.8, 4) is 0 Å². The fraction of sp³-hybridized carbons (Fsp3) is 0.545. The van der Waals surface area contributed by atoms with Crippen molar-refractivity contribution in [3.63, 3.8) is 0 Å². The molecule has 0 bridgehead atoms. The van der Waals surface area contributed by atoms with Crippen molar-refractivity contribution < 1.29 is 4.39 Å². The molecule has 0 aliphatic heterocycles. The van der Waals surface area contributed by atoms with E-state index < -0.39 is 0 Å². The number of aromatic nitrogens is 1. The van der Waals surface area contributed by atoms with E-state index in [0.717, 1.165) is 6.42 Å². The molecular formula is C11H16FN3. The lowest BCUT2D eigenvalue weighted by atomic mass is 9.80. The maximum atomic E-state index is 13.4. The number of pyridine rings is 1. The van der Waals surface area contributed by atoms with Gasteiger partial charge in [-0.2, -0.15) is 0 Å². The first kappa shape index (κ1) is 10.5. The van der Waals surface area contributed by atoms with Crippen LogP contribution in [0, 0.1) is 11.7 Å². The smallest absolute Gasteiger partial charge is 0.146 e. The molecule has 0 radical (unpaired) electrons. The van der Waals surface area contributed by atoms with Gasteiger partial charge in [0.1, 0.15) is 5.82 Å². The first-order valence-electron chi connectivity index (χ1n) is 5.38. The van der Waals surface area contributed by atoms with Crippen molar-refractivity contribution in [2.45, 2.75) is 31.7 Å². The standard InChI is InChI=1S/C11H16FN3/c12-9-5-2-6-14-11(9)10(15-13)7-8-3-1-4-8/h2,5-6,8,10,15H,1,3-4,7,13H2. The van der Waals surface area contributed by atoms with E-state index in [1.165, 1.54) is 25.3 Å². The zero-order valence-corrected chi connectivity index (χ0v) is 8.62. The Kier molecular flexibility index (Phi) is 3.28. The summed E-state index contributed by atoms with van der Waals surface area (Å²) in [4.78, 5) is 4.04. The fourth-order valence-electron chi connectivity index (χ4n) is 1.97. The minimum absolute atomic E-state index is 0.156. The molecule has 1 atom stereocenters. The van der Waals surface area contributed by atoms with Crippen molar-refractivity contribution in [2.24, 2.45) is 11.8 Å². The summed E-state index contributed by atoms with van der Waals surface area (Å²) in [5, 5.41) is 0. The van der Waals surface area contributed by atoms with Crippen LogP contribution in [0.4, 0.5) is 4.39 Å². The van der Waals surface area contributed by atoms with Crippen LogP contribution >= 0.6 is 0 Å². The molecule has 1 unspecified atom stereocenters. The van der Waals surface area contributed by atoms with E-state index in [9.17, 15) is 4.39 Å². The van der Waals surface area contributed by atoms with Crippen LogP contribution in [0.2, 0.25) is 0 Å². The lowest BCUT2D eigenvalue weighted by molar-refractivity contribution is 0.257. The average molecular weight is 209 g/mol. The Morgan fingerprint density at radius 3 is 2.93 bits per heavy atom. The topological polar surface area (TPSA) is 50.9 Å². The second kappa shape index (κ2) is 4.68. The van der Waals surface area contributed by atoms with Crippen LogP contribution in [0.5, 0.6) is 0 Å². The third kappa shape index (κ3) is 2.33. The molecule has 0 spiro atoms. The van der Waals surface area contributed by atoms with Gasteiger partial charge in [-0.25, -0.2) is 4.39 Å². The molecule has 1 fully saturated rings. The minimum atomic E-state index is -0.278. The molecule has 0 saturated heterocycles. The van der Waals surface area contributed by atoms with Gasteiger partial charge in [0.25, 0.3) is 0 Å². The second-order valence-electron chi connectivity index (χ2n) is 4.12. The highest BCUT2D eigenvalue weighted by Crippen LogP contribution is 2.34. The molecule has 3 nitrogen and oxygen atoms in total. The predicted molar refractivity (Wildman–Crippen MR) is 56.2 cm³/mol. The number of nitrogens with zero attached hydrogens (tertiary/aromatic N) is 1. The van der Waals surface area contributed by atoms with Gasteiger partial charge in [0.15, 0.2) is 0 Å². The van der Waals surface area contributed by atoms with Crippen molar-refractivity contribution in [1.82, 2.24) is 10.4 Å². The Labute approximate surface area is 88.9 Å². The highest BCUT2D eigenvalue weighted by molar-refractivity contribution is 5.11. The van der Waals surface area contributed by atoms with Crippen LogP contribution in [0.3, 0.4) is 0 Å². The Morgan fingerprint density at radius 1 is 1.60 bits per heavy atom. The number of nitrogens with one attached hydrogen (secondary N) is 1. The Morgan fingerprint density at radius 2 is 2.40 bits per heavy atom. The minimum Gasteiger partial charge on any atom is -0.271 e. The zero-order chi connectivity index (χ0) is 10.7. The number of nitrogens with two attached hydrogens (primary N) is 1. The van der Waals surface area contributed by atoms with E-state index in [-0.39, 0.29) is 11.9 Å². The molecule has 82 valence electrons. The summed E-state index contributed by atoms with van der Waals surface area (Å²) in [7, 11) is 0. The number of halogens is 1. The number of hydrazine groups is 1. The van der Waals surface area contributed by atoms with Crippen LogP contribution < -0.4 is 11.3 Å². The highest BCUT2D eigenvalue weighted by Gasteiger charge is 2.24. The summed E-state index contributed by atoms with van der Waals surface area (Å²) < 4.78 is 13.4. The normalized spacial score (nSPS) is 18.5. The molecule has 1 aromatic rings. The van der Waals surface area contributed by atoms with Crippen molar-refractivity contribution in [2.75, 3.05) is 0 Å². The zero-order valence-electron chi connectivity index (χ0n) is 8.62. The van der Waals surface area contributed by atoms with Crippen LogP contribution in [0.25, 0.3) is 0 Å². The van der Waals surface area contributed by atoms with E-state index in [0.29, 0.717) is 11.6 Å². The maximum Gasteiger partial charge on any atom is 0.146 e. The molecule has 2 rings (SSSR count). The monoisotopic (exact) mass is 209 g/mol. The van der Waals surface area contributed by atoms with Crippen LogP contribution in [0.1, 0.15) is 37.4 Å². The Hall–Kier alpha value is -1.00. The van der Waals surface area contributed by atoms with Gasteiger partial charge >= 0.3 is 0 Å². The summed E-state index contributed by atoms with van der Waals surface area (Å²) in [6.45, 7) is 0. The van der Waals surface area contributed by atoms with E-state index in [1.807, 2.05) is 0 Å². The number of hydrogen-bond acceptors (Lipinski definition) is 3. The molecule has 1 aliphatic carbocycles. The molecule has 1 aromatic heterocycles. The summed E-state index contributed by atoms with van der Waals surface area (Å²) in [5.74, 6) is 5.84. The summed E-state index contributed by atoms with van der Waals surface area (Å²) in [6.07, 6.45) is 6.22. The second-order valence-corrected chi connectivity index (χ2v) is 4.12. The predicted octanol–water partition coefficient (Wildman–Crippen LogP) is 1.92. The van der Waals surface area contributed by atoms with Gasteiger partial charge in [-0.05, 0) is 24.5 Å². The summed E-state index contributed by atoms with van der Waals surface area (Å²) in [6, 6.07) is 2.86. The van der Waals surface area contributed by atoms with Gasteiger partial charge in [-0.3, -0.25) is 16.3 Å². The quantitative estimate of drug-likeness (QED) is 0.588. The number of hydrogen-bond donors (Lipinski definition) is 2. The van der Waals surface area contributed by atoms with Crippen molar-refractivity contribution in [3.05, 3.63) is 29.8 Å². The summed E-state index contributed by atoms with van der Waals surface area (Å²) in [5.41, 5.74) is 3.09. The third-order valence-electron chi connectivity index (χ3n) is 3.11. The largest absolute Gasteiger partial charge is 0.271 e. The fourth-order valence-corrected chi connectivity index (χ4v) is 1.97. The molecule has 0 amide bonds. The van der Waals surface area contributed by atoms with Crippen molar-refractivity contribution >= 4 is 0 Å². The number of rotatable bonds is 4. The molecule has 4 heteroatoms. The van der Waals surface area contributed by atoms with Gasteiger partial charge in [-0.15, -0.1) is 0 Å². The molecule has 3 N–H and O–H groups in total. The van der Waals surface area contributed by atoms with Gasteiger partial charge in [0.05, 0.1) is 11.7 Å². The van der Waals surface area contributed by atoms with Gasteiger partial charge in [0.2, 0.25) is 0 Å². The molecular weight excluding hydrogens is 193 g/mol. The van der Waals surface area contributed by atoms with E-state index >= 15 is 0 Å². The first-order valence-corrected chi connectivity index (χ1v) is 5.38. The summed E-state index contributed by atoms with van der Waals surface area (Å²) >= 11 is 0. The molecule has 1 aliphatic rings. The average Bonchev–Trinajstić information content (AvgIpc) is 2.19. The van der Waals surface area contributed by atoms with Crippen LogP contribution in [-0.2, 0) is 0 Å². The van der Waals surface area contributed by atoms with E-state index in [2.05, 4.69) is 10.4 Å². The highest BCUT2D eigenvalue weighted by atomic mass is 19.1. The van der Waals surface area contributed by atoms with Crippen molar-refractivity contribution in [1.29, 1.82) is 0 Å². The third-order valence-corrected chi connectivity index (χ3v) is 3.11. The molecule has 0 aromatic carbocycles. The Balaban J connectivity index is 2.07. The molecule has 15 heavy (non-hydrogen) atoms. The Bertz CT molecular complexity index is 325. The van der Waals surface area contributed by atoms with Gasteiger partial charge in [0, 0.05) is 6.20 Å². The SMILES string of the molecule is NNC(CC1CCC1)c1ncccc1F.